The van der Waals surface area contributed by atoms with E-state index in [4.69, 9.17) is 4.42 Å². The molecule has 3 heteroatoms. The molecule has 3 aromatic heterocycles. The maximum absolute atomic E-state index is 11.2. The van der Waals surface area contributed by atoms with Crippen LogP contribution in [-0.4, -0.2) is 4.40 Å². The number of furan rings is 1. The molecule has 8 aliphatic rings. The lowest BCUT2D eigenvalue weighted by molar-refractivity contribution is 0.00322. The van der Waals surface area contributed by atoms with Gasteiger partial charge < -0.3 is 8.82 Å². The first-order chi connectivity index (χ1) is 29.1. The van der Waals surface area contributed by atoms with Crippen molar-refractivity contribution in [1.82, 2.24) is 4.40 Å². The molecule has 7 unspecified atom stereocenters. The summed E-state index contributed by atoms with van der Waals surface area (Å²) in [6.45, 7) is 0. The lowest BCUT2D eigenvalue weighted by Crippen LogP contribution is -2.41. The summed E-state index contributed by atoms with van der Waals surface area (Å²) in [6.07, 6.45) is 13.4. The second kappa shape index (κ2) is 10.4. The minimum Gasteiger partial charge on any atom is -0.456 e. The van der Waals surface area contributed by atoms with Crippen molar-refractivity contribution >= 4 is 60.0 Å². The van der Waals surface area contributed by atoms with Gasteiger partial charge in [0.25, 0.3) is 0 Å². The van der Waals surface area contributed by atoms with E-state index in [1.807, 2.05) is 0 Å². The third kappa shape index (κ3) is 3.64. The van der Waals surface area contributed by atoms with Gasteiger partial charge in [0.05, 0.1) is 28.2 Å². The average Bonchev–Trinajstić information content (AvgIpc) is 4.00. The second-order valence-electron chi connectivity index (χ2n) is 20.7. The topological polar surface area (TPSA) is 41.3 Å². The predicted molar refractivity (Wildman–Crippen MR) is 237 cm³/mol. The molecule has 17 rings (SSSR count). The van der Waals surface area contributed by atoms with Gasteiger partial charge in [-0.15, -0.1) is 0 Å². The fourth-order valence-electron chi connectivity index (χ4n) is 16.7. The van der Waals surface area contributed by atoms with Crippen LogP contribution in [0.25, 0.3) is 82.3 Å². The van der Waals surface area contributed by atoms with E-state index in [9.17, 15) is 5.26 Å². The Morgan fingerprint density at radius 2 is 1.19 bits per heavy atom. The molecule has 5 fully saturated rings. The molecule has 8 aliphatic carbocycles. The lowest BCUT2D eigenvalue weighted by Gasteiger charge is -2.48. The van der Waals surface area contributed by atoms with Gasteiger partial charge >= 0.3 is 0 Å². The Morgan fingerprint density at radius 1 is 0.525 bits per heavy atom. The maximum atomic E-state index is 11.2. The van der Waals surface area contributed by atoms with Crippen molar-refractivity contribution in [2.45, 2.75) is 87.9 Å². The Balaban J connectivity index is 1.12. The van der Waals surface area contributed by atoms with E-state index in [1.165, 1.54) is 141 Å². The van der Waals surface area contributed by atoms with Gasteiger partial charge in [-0.1, -0.05) is 60.7 Å². The zero-order valence-electron chi connectivity index (χ0n) is 33.2. The Bertz CT molecular complexity index is 3420. The highest BCUT2D eigenvalue weighted by Crippen LogP contribution is 2.77. The van der Waals surface area contributed by atoms with Gasteiger partial charge in [-0.2, -0.15) is 5.26 Å². The van der Waals surface area contributed by atoms with Gasteiger partial charge in [0.15, 0.2) is 0 Å². The lowest BCUT2D eigenvalue weighted by atomic mass is 9.56. The van der Waals surface area contributed by atoms with Gasteiger partial charge in [-0.25, -0.2) is 0 Å². The minimum absolute atomic E-state index is 0.512. The molecule has 6 aromatic carbocycles. The van der Waals surface area contributed by atoms with Crippen LogP contribution in [0.3, 0.4) is 0 Å². The Kier molecular flexibility index (Phi) is 5.53. The molecule has 0 saturated heterocycles. The monoisotopic (exact) mass is 760 g/mol. The molecule has 59 heavy (non-hydrogen) atoms. The molecule has 0 aliphatic heterocycles. The fourth-order valence-corrected chi connectivity index (χ4v) is 16.7. The van der Waals surface area contributed by atoms with Gasteiger partial charge in [0.1, 0.15) is 11.2 Å². The van der Waals surface area contributed by atoms with Crippen LogP contribution < -0.4 is 0 Å². The SMILES string of the molecule is N#Cc1cc2c(c3c1C1CC4CC5CC3CC45C1)c1cc(-c3cccc4oc5ccccc5c34)cc3c4c5c(c(-c6ccccc6)cc4n2c13)C1CC2CC(C1)CC5C2. The van der Waals surface area contributed by atoms with Crippen LogP contribution in [0.1, 0.15) is 116 Å². The van der Waals surface area contributed by atoms with Crippen LogP contribution in [0, 0.1) is 40.4 Å². The largest absolute Gasteiger partial charge is 0.456 e. The molecule has 7 bridgehead atoms. The van der Waals surface area contributed by atoms with Crippen LogP contribution in [0.2, 0.25) is 0 Å². The molecular weight excluding hydrogens is 717 g/mol. The molecule has 3 heterocycles. The first-order valence-electron chi connectivity index (χ1n) is 22.9. The highest BCUT2D eigenvalue weighted by molar-refractivity contribution is 6.27. The van der Waals surface area contributed by atoms with Crippen molar-refractivity contribution in [2.24, 2.45) is 29.1 Å². The third-order valence-corrected chi connectivity index (χ3v) is 18.4. The molecule has 5 saturated carbocycles. The number of hydrogen-bond donors (Lipinski definition) is 0. The summed E-state index contributed by atoms with van der Waals surface area (Å²) >= 11 is 0. The summed E-state index contributed by atoms with van der Waals surface area (Å²) in [4.78, 5) is 0. The zero-order valence-corrected chi connectivity index (χ0v) is 33.2. The van der Waals surface area contributed by atoms with Crippen molar-refractivity contribution in [3.05, 3.63) is 125 Å². The molecule has 1 spiro atoms. The Labute approximate surface area is 342 Å². The molecular formula is C56H44N2O. The molecule has 0 amide bonds. The van der Waals surface area contributed by atoms with Crippen molar-refractivity contribution < 1.29 is 4.42 Å². The first-order valence-corrected chi connectivity index (χ1v) is 22.9. The maximum Gasteiger partial charge on any atom is 0.136 e. The summed E-state index contributed by atoms with van der Waals surface area (Å²) in [5, 5.41) is 19.3. The smallest absolute Gasteiger partial charge is 0.136 e. The van der Waals surface area contributed by atoms with Gasteiger partial charge in [0.2, 0.25) is 0 Å². The van der Waals surface area contributed by atoms with Crippen molar-refractivity contribution in [3.8, 4) is 28.3 Å². The number of rotatable bonds is 2. The molecule has 0 radical (unpaired) electrons. The van der Waals surface area contributed by atoms with Crippen molar-refractivity contribution in [1.29, 1.82) is 5.26 Å². The summed E-state index contributed by atoms with van der Waals surface area (Å²) in [6, 6.07) is 39.7. The van der Waals surface area contributed by atoms with Crippen LogP contribution in [-0.2, 0) is 0 Å². The van der Waals surface area contributed by atoms with E-state index in [2.05, 4.69) is 108 Å². The zero-order chi connectivity index (χ0) is 38.0. The predicted octanol–water partition coefficient (Wildman–Crippen LogP) is 14.7. The summed E-state index contributed by atoms with van der Waals surface area (Å²) in [5.41, 5.74) is 19.1. The number of fused-ring (bicyclic) bond motifs is 15. The number of para-hydroxylation sites is 1. The van der Waals surface area contributed by atoms with E-state index in [0.717, 1.165) is 40.4 Å². The van der Waals surface area contributed by atoms with E-state index >= 15 is 0 Å². The Hall–Kier alpha value is -5.59. The highest BCUT2D eigenvalue weighted by atomic mass is 16.3. The number of benzene rings is 6. The standard InChI is InChI=1S/C56H44N2O/c57-27-36-22-44-53(51-35-19-38-23-37-18-34(48(36)51)25-56(37,38)26-35)42-20-31(39-10-6-12-47-52(39)40-9-4-5-11-46(40)59-47)21-43-54-45(58(44)55(42)43)24-41(30-7-2-1-3-8-30)49-32-14-28-13-29(15-32)17-33(16-28)50(49)54/h1-12,20-22,24,28-29,32-35,37-38H,13-19,23,25-26H2. The summed E-state index contributed by atoms with van der Waals surface area (Å²) < 4.78 is 9.22. The van der Waals surface area contributed by atoms with E-state index in [-0.39, 0.29) is 0 Å². The molecule has 7 atom stereocenters. The number of nitriles is 1. The van der Waals surface area contributed by atoms with E-state index in [1.54, 1.807) is 16.7 Å². The van der Waals surface area contributed by atoms with Crippen LogP contribution in [0.5, 0.6) is 0 Å². The average molecular weight is 761 g/mol. The van der Waals surface area contributed by atoms with Crippen LogP contribution >= 0.6 is 0 Å². The van der Waals surface area contributed by atoms with E-state index in [0.29, 0.717) is 29.1 Å². The molecule has 284 valence electrons. The van der Waals surface area contributed by atoms with Crippen LogP contribution in [0.4, 0.5) is 0 Å². The third-order valence-electron chi connectivity index (χ3n) is 18.4. The first kappa shape index (κ1) is 31.3. The van der Waals surface area contributed by atoms with Gasteiger partial charge in [0, 0.05) is 32.3 Å². The van der Waals surface area contributed by atoms with E-state index < -0.39 is 0 Å². The Morgan fingerprint density at radius 3 is 1.95 bits per heavy atom. The molecule has 0 N–H and O–H groups in total. The summed E-state index contributed by atoms with van der Waals surface area (Å²) in [7, 11) is 0. The number of nitrogens with zero attached hydrogens (tertiary/aromatic N) is 2. The number of aromatic nitrogens is 1. The molecule has 9 aromatic rings. The molecule has 3 nitrogen and oxygen atoms in total. The summed E-state index contributed by atoms with van der Waals surface area (Å²) in [5.74, 6) is 5.62. The number of hydrogen-bond acceptors (Lipinski definition) is 2. The minimum atomic E-state index is 0.512. The van der Waals surface area contributed by atoms with Crippen molar-refractivity contribution in [3.63, 3.8) is 0 Å². The fraction of sp³-hybridized carbons (Fsp3) is 0.339. The second-order valence-corrected chi connectivity index (χ2v) is 20.7. The van der Waals surface area contributed by atoms with Crippen LogP contribution in [0.15, 0.2) is 101 Å². The normalized spacial score (nSPS) is 30.8. The quantitative estimate of drug-likeness (QED) is 0.176. The highest BCUT2D eigenvalue weighted by Gasteiger charge is 2.66. The van der Waals surface area contributed by atoms with Crippen molar-refractivity contribution in [2.75, 3.05) is 0 Å². The van der Waals surface area contributed by atoms with Gasteiger partial charge in [-0.3, -0.25) is 0 Å². The van der Waals surface area contributed by atoms with Gasteiger partial charge in [-0.05, 0) is 198 Å².